The molecule has 1 aliphatic carbocycles. The lowest BCUT2D eigenvalue weighted by Gasteiger charge is -2.18. The number of halogens is 1. The van der Waals surface area contributed by atoms with Crippen LogP contribution < -0.4 is 5.32 Å². The number of imidazole rings is 1. The van der Waals surface area contributed by atoms with E-state index in [-0.39, 0.29) is 5.82 Å². The SMILES string of the molecule is Fc1ccc(C(NCCc2cnc[nH]2)C2CC2)cc1. The molecule has 3 rings (SSSR count). The first-order valence-electron chi connectivity index (χ1n) is 6.79. The van der Waals surface area contributed by atoms with Gasteiger partial charge in [-0.1, -0.05) is 12.1 Å². The van der Waals surface area contributed by atoms with Crippen LogP contribution in [0.25, 0.3) is 0 Å². The summed E-state index contributed by atoms with van der Waals surface area (Å²) in [5.74, 6) is 0.531. The first kappa shape index (κ1) is 12.4. The van der Waals surface area contributed by atoms with Gasteiger partial charge in [0.1, 0.15) is 5.82 Å². The summed E-state index contributed by atoms with van der Waals surface area (Å²) in [6.07, 6.45) is 7.02. The molecule has 0 aliphatic heterocycles. The third-order valence-electron chi connectivity index (χ3n) is 3.64. The van der Waals surface area contributed by atoms with Crippen LogP contribution in [0.1, 0.15) is 30.1 Å². The van der Waals surface area contributed by atoms with Gasteiger partial charge in [-0.3, -0.25) is 0 Å². The van der Waals surface area contributed by atoms with E-state index in [2.05, 4.69) is 15.3 Å². The Balaban J connectivity index is 1.60. The highest BCUT2D eigenvalue weighted by Crippen LogP contribution is 2.40. The minimum atomic E-state index is -0.171. The Labute approximate surface area is 112 Å². The topological polar surface area (TPSA) is 40.7 Å². The summed E-state index contributed by atoms with van der Waals surface area (Å²) in [5.41, 5.74) is 2.33. The molecule has 0 amide bonds. The van der Waals surface area contributed by atoms with Crippen molar-refractivity contribution in [3.05, 3.63) is 53.9 Å². The number of nitrogens with one attached hydrogen (secondary N) is 2. The molecule has 0 bridgehead atoms. The highest BCUT2D eigenvalue weighted by Gasteiger charge is 2.31. The Morgan fingerprint density at radius 3 is 2.74 bits per heavy atom. The number of nitrogens with zero attached hydrogens (tertiary/aromatic N) is 1. The predicted octanol–water partition coefficient (Wildman–Crippen LogP) is 2.83. The van der Waals surface area contributed by atoms with Gasteiger partial charge in [-0.15, -0.1) is 0 Å². The maximum absolute atomic E-state index is 13.0. The molecular weight excluding hydrogens is 241 g/mol. The van der Waals surface area contributed by atoms with Gasteiger partial charge >= 0.3 is 0 Å². The van der Waals surface area contributed by atoms with Crippen molar-refractivity contribution in [1.82, 2.24) is 15.3 Å². The fraction of sp³-hybridized carbons (Fsp3) is 0.400. The summed E-state index contributed by atoms with van der Waals surface area (Å²) in [4.78, 5) is 7.11. The van der Waals surface area contributed by atoms with Crippen molar-refractivity contribution >= 4 is 0 Å². The molecule has 1 fully saturated rings. The van der Waals surface area contributed by atoms with E-state index in [0.717, 1.165) is 18.7 Å². The number of aromatic amines is 1. The molecule has 1 aromatic heterocycles. The Kier molecular flexibility index (Phi) is 3.60. The van der Waals surface area contributed by atoms with Crippen LogP contribution in [-0.4, -0.2) is 16.5 Å². The van der Waals surface area contributed by atoms with Gasteiger partial charge < -0.3 is 10.3 Å². The van der Waals surface area contributed by atoms with Crippen LogP contribution in [0.2, 0.25) is 0 Å². The Hall–Kier alpha value is -1.68. The van der Waals surface area contributed by atoms with E-state index in [1.165, 1.54) is 18.4 Å². The van der Waals surface area contributed by atoms with Crippen LogP contribution >= 0.6 is 0 Å². The summed E-state index contributed by atoms with van der Waals surface area (Å²) in [6, 6.07) is 7.22. The predicted molar refractivity (Wildman–Crippen MR) is 72.2 cm³/mol. The lowest BCUT2D eigenvalue weighted by molar-refractivity contribution is 0.482. The van der Waals surface area contributed by atoms with E-state index >= 15 is 0 Å². The van der Waals surface area contributed by atoms with E-state index in [9.17, 15) is 4.39 Å². The third-order valence-corrected chi connectivity index (χ3v) is 3.64. The molecular formula is C15H18FN3. The molecule has 0 saturated heterocycles. The zero-order valence-electron chi connectivity index (χ0n) is 10.8. The monoisotopic (exact) mass is 259 g/mol. The minimum absolute atomic E-state index is 0.171. The molecule has 0 spiro atoms. The van der Waals surface area contributed by atoms with Gasteiger partial charge in [-0.05, 0) is 36.5 Å². The minimum Gasteiger partial charge on any atom is -0.348 e. The van der Waals surface area contributed by atoms with Crippen molar-refractivity contribution in [2.75, 3.05) is 6.54 Å². The van der Waals surface area contributed by atoms with Gasteiger partial charge in [0.2, 0.25) is 0 Å². The van der Waals surface area contributed by atoms with Gasteiger partial charge in [0.25, 0.3) is 0 Å². The van der Waals surface area contributed by atoms with Gasteiger partial charge in [-0.2, -0.15) is 0 Å². The molecule has 19 heavy (non-hydrogen) atoms. The molecule has 1 saturated carbocycles. The van der Waals surface area contributed by atoms with Crippen molar-refractivity contribution in [1.29, 1.82) is 0 Å². The highest BCUT2D eigenvalue weighted by atomic mass is 19.1. The second-order valence-corrected chi connectivity index (χ2v) is 5.15. The summed E-state index contributed by atoms with van der Waals surface area (Å²) in [6.45, 7) is 0.904. The van der Waals surface area contributed by atoms with Crippen LogP contribution in [0.4, 0.5) is 4.39 Å². The number of H-pyrrole nitrogens is 1. The van der Waals surface area contributed by atoms with Crippen LogP contribution in [0.3, 0.4) is 0 Å². The lowest BCUT2D eigenvalue weighted by atomic mass is 10.0. The zero-order valence-corrected chi connectivity index (χ0v) is 10.8. The van der Waals surface area contributed by atoms with E-state index < -0.39 is 0 Å². The first-order valence-corrected chi connectivity index (χ1v) is 6.79. The molecule has 2 aromatic rings. The Morgan fingerprint density at radius 1 is 1.32 bits per heavy atom. The quantitative estimate of drug-likeness (QED) is 0.837. The van der Waals surface area contributed by atoms with Crippen molar-refractivity contribution in [3.8, 4) is 0 Å². The van der Waals surface area contributed by atoms with E-state index in [1.54, 1.807) is 18.5 Å². The number of hydrogen-bond donors (Lipinski definition) is 2. The Bertz CT molecular complexity index is 503. The van der Waals surface area contributed by atoms with Gasteiger partial charge in [0.05, 0.1) is 6.33 Å². The number of aromatic nitrogens is 2. The van der Waals surface area contributed by atoms with Gasteiger partial charge in [0.15, 0.2) is 0 Å². The Morgan fingerprint density at radius 2 is 2.11 bits per heavy atom. The van der Waals surface area contributed by atoms with Crippen LogP contribution in [0, 0.1) is 11.7 Å². The number of benzene rings is 1. The normalized spacial score (nSPS) is 16.5. The molecule has 2 N–H and O–H groups in total. The average molecular weight is 259 g/mol. The second-order valence-electron chi connectivity index (χ2n) is 5.15. The fourth-order valence-corrected chi connectivity index (χ4v) is 2.44. The van der Waals surface area contributed by atoms with E-state index in [4.69, 9.17) is 0 Å². The summed E-state index contributed by atoms with van der Waals surface area (Å²) in [7, 11) is 0. The summed E-state index contributed by atoms with van der Waals surface area (Å²) < 4.78 is 13.0. The van der Waals surface area contributed by atoms with Crippen LogP contribution in [0.15, 0.2) is 36.8 Å². The lowest BCUT2D eigenvalue weighted by Crippen LogP contribution is -2.25. The molecule has 1 aliphatic rings. The van der Waals surface area contributed by atoms with Gasteiger partial charge in [-0.25, -0.2) is 9.37 Å². The van der Waals surface area contributed by atoms with Crippen molar-refractivity contribution in [3.63, 3.8) is 0 Å². The molecule has 1 atom stereocenters. The average Bonchev–Trinajstić information content (AvgIpc) is 3.13. The zero-order chi connectivity index (χ0) is 13.1. The molecule has 3 nitrogen and oxygen atoms in total. The summed E-state index contributed by atoms with van der Waals surface area (Å²) in [5, 5.41) is 3.59. The molecule has 100 valence electrons. The molecule has 1 unspecified atom stereocenters. The molecule has 4 heteroatoms. The van der Waals surface area contributed by atoms with Crippen molar-refractivity contribution < 1.29 is 4.39 Å². The maximum atomic E-state index is 13.0. The van der Waals surface area contributed by atoms with E-state index in [0.29, 0.717) is 12.0 Å². The third kappa shape index (κ3) is 3.20. The van der Waals surface area contributed by atoms with Crippen LogP contribution in [-0.2, 0) is 6.42 Å². The van der Waals surface area contributed by atoms with Crippen molar-refractivity contribution in [2.45, 2.75) is 25.3 Å². The smallest absolute Gasteiger partial charge is 0.123 e. The van der Waals surface area contributed by atoms with Crippen LogP contribution in [0.5, 0.6) is 0 Å². The largest absolute Gasteiger partial charge is 0.348 e. The van der Waals surface area contributed by atoms with Gasteiger partial charge in [0, 0.05) is 30.9 Å². The van der Waals surface area contributed by atoms with Crippen molar-refractivity contribution in [2.24, 2.45) is 5.92 Å². The molecule has 0 radical (unpaired) electrons. The highest BCUT2D eigenvalue weighted by molar-refractivity contribution is 5.22. The maximum Gasteiger partial charge on any atom is 0.123 e. The molecule has 1 heterocycles. The number of hydrogen-bond acceptors (Lipinski definition) is 2. The molecule has 1 aromatic carbocycles. The number of rotatable bonds is 6. The first-order chi connectivity index (χ1) is 9.33. The standard InChI is InChI=1S/C15H18FN3/c16-13-5-3-12(4-6-13)15(11-1-2-11)18-8-7-14-9-17-10-19-14/h3-6,9-11,15,18H,1-2,7-8H2,(H,17,19). The fourth-order valence-electron chi connectivity index (χ4n) is 2.44. The second kappa shape index (κ2) is 5.53. The summed E-state index contributed by atoms with van der Waals surface area (Å²) >= 11 is 0. The van der Waals surface area contributed by atoms with E-state index in [1.807, 2.05) is 18.3 Å².